The normalized spacial score (nSPS) is 15.9. The molecule has 35 heavy (non-hydrogen) atoms. The quantitative estimate of drug-likeness (QED) is 0.358. The number of hydrogen-bond acceptors (Lipinski definition) is 4. The SMILES string of the molecule is COc1ccc(-n2c(C3CCCCN3C(=O)c3c(C)cc(OC)cc3C)nc3ccccc32)cc1. The summed E-state index contributed by atoms with van der Waals surface area (Å²) in [6.07, 6.45) is 2.92. The summed E-state index contributed by atoms with van der Waals surface area (Å²) >= 11 is 0. The molecule has 4 aromatic rings. The highest BCUT2D eigenvalue weighted by Gasteiger charge is 2.34. The Hall–Kier alpha value is -3.80. The van der Waals surface area contributed by atoms with E-state index < -0.39 is 0 Å². The number of aryl methyl sites for hydroxylation is 2. The molecule has 0 saturated carbocycles. The summed E-state index contributed by atoms with van der Waals surface area (Å²) in [6, 6.07) is 19.9. The Kier molecular flexibility index (Phi) is 6.20. The van der Waals surface area contributed by atoms with Gasteiger partial charge in [-0.2, -0.15) is 0 Å². The van der Waals surface area contributed by atoms with Crippen molar-refractivity contribution in [1.29, 1.82) is 0 Å². The number of piperidine rings is 1. The number of nitrogens with zero attached hydrogens (tertiary/aromatic N) is 3. The number of aromatic nitrogens is 2. The maximum absolute atomic E-state index is 14.0. The Balaban J connectivity index is 1.62. The summed E-state index contributed by atoms with van der Waals surface area (Å²) < 4.78 is 13.0. The number of hydrogen-bond donors (Lipinski definition) is 0. The molecule has 1 amide bonds. The number of benzene rings is 3. The van der Waals surface area contributed by atoms with E-state index in [2.05, 4.69) is 10.6 Å². The minimum atomic E-state index is -0.119. The summed E-state index contributed by atoms with van der Waals surface area (Å²) in [7, 11) is 3.32. The third-order valence-electron chi connectivity index (χ3n) is 6.93. The van der Waals surface area contributed by atoms with E-state index in [1.165, 1.54) is 0 Å². The molecule has 0 radical (unpaired) electrons. The lowest BCUT2D eigenvalue weighted by Crippen LogP contribution is -2.40. The van der Waals surface area contributed by atoms with Crippen LogP contribution < -0.4 is 9.47 Å². The average molecular weight is 470 g/mol. The van der Waals surface area contributed by atoms with Crippen LogP contribution in [0, 0.1) is 13.8 Å². The van der Waals surface area contributed by atoms with E-state index in [9.17, 15) is 4.79 Å². The molecule has 6 nitrogen and oxygen atoms in total. The van der Waals surface area contributed by atoms with Gasteiger partial charge in [0.05, 0.1) is 31.3 Å². The molecule has 3 aromatic carbocycles. The minimum absolute atomic E-state index is 0.0562. The van der Waals surface area contributed by atoms with Gasteiger partial charge < -0.3 is 14.4 Å². The molecule has 0 N–H and O–H groups in total. The largest absolute Gasteiger partial charge is 0.497 e. The van der Waals surface area contributed by atoms with Gasteiger partial charge in [0.15, 0.2) is 0 Å². The number of likely N-dealkylation sites (tertiary alicyclic amines) is 1. The fourth-order valence-corrected chi connectivity index (χ4v) is 5.24. The number of fused-ring (bicyclic) bond motifs is 1. The van der Waals surface area contributed by atoms with E-state index in [1.54, 1.807) is 14.2 Å². The highest BCUT2D eigenvalue weighted by molar-refractivity contribution is 5.97. The van der Waals surface area contributed by atoms with E-state index in [1.807, 2.05) is 73.3 Å². The lowest BCUT2D eigenvalue weighted by molar-refractivity contribution is 0.0597. The maximum atomic E-state index is 14.0. The number of amides is 1. The zero-order valence-electron chi connectivity index (χ0n) is 20.7. The summed E-state index contributed by atoms with van der Waals surface area (Å²) in [5.41, 5.74) is 5.57. The molecule has 1 aliphatic heterocycles. The second-order valence-electron chi connectivity index (χ2n) is 9.14. The number of carbonyl (C=O) groups is 1. The molecule has 5 rings (SSSR count). The van der Waals surface area contributed by atoms with E-state index in [-0.39, 0.29) is 11.9 Å². The van der Waals surface area contributed by atoms with Crippen LogP contribution in [0.3, 0.4) is 0 Å². The first-order valence-electron chi connectivity index (χ1n) is 12.1. The van der Waals surface area contributed by atoms with Crippen molar-refractivity contribution in [2.24, 2.45) is 0 Å². The van der Waals surface area contributed by atoms with E-state index in [0.717, 1.165) is 70.0 Å². The number of ether oxygens (including phenoxy) is 2. The van der Waals surface area contributed by atoms with Crippen molar-refractivity contribution in [3.8, 4) is 17.2 Å². The zero-order valence-corrected chi connectivity index (χ0v) is 20.7. The van der Waals surface area contributed by atoms with Crippen molar-refractivity contribution in [2.45, 2.75) is 39.2 Å². The first kappa shape index (κ1) is 23.0. The number of para-hydroxylation sites is 2. The Bertz CT molecular complexity index is 1350. The van der Waals surface area contributed by atoms with E-state index in [4.69, 9.17) is 14.5 Å². The Morgan fingerprint density at radius 1 is 0.914 bits per heavy atom. The molecule has 1 atom stereocenters. The molecule has 0 aliphatic carbocycles. The Labute approximate surface area is 206 Å². The van der Waals surface area contributed by atoms with Crippen LogP contribution in [-0.4, -0.2) is 41.1 Å². The predicted octanol–water partition coefficient (Wildman–Crippen LogP) is 6.03. The van der Waals surface area contributed by atoms with Crippen molar-refractivity contribution >= 4 is 16.9 Å². The lowest BCUT2D eigenvalue weighted by atomic mass is 9.96. The van der Waals surface area contributed by atoms with Crippen LogP contribution >= 0.6 is 0 Å². The molecule has 0 bridgehead atoms. The molecule has 6 heteroatoms. The van der Waals surface area contributed by atoms with Gasteiger partial charge in [-0.1, -0.05) is 12.1 Å². The fraction of sp³-hybridized carbons (Fsp3) is 0.310. The Morgan fingerprint density at radius 3 is 2.29 bits per heavy atom. The number of carbonyl (C=O) groups excluding carboxylic acids is 1. The van der Waals surface area contributed by atoms with Gasteiger partial charge in [0, 0.05) is 17.8 Å². The molecule has 1 aromatic heterocycles. The van der Waals surface area contributed by atoms with Crippen molar-refractivity contribution in [2.75, 3.05) is 20.8 Å². The minimum Gasteiger partial charge on any atom is -0.497 e. The van der Waals surface area contributed by atoms with Crippen molar-refractivity contribution < 1.29 is 14.3 Å². The van der Waals surface area contributed by atoms with Gasteiger partial charge in [-0.3, -0.25) is 9.36 Å². The summed E-state index contributed by atoms with van der Waals surface area (Å²) in [5, 5.41) is 0. The third-order valence-corrected chi connectivity index (χ3v) is 6.93. The molecule has 1 saturated heterocycles. The molecule has 1 fully saturated rings. The second kappa shape index (κ2) is 9.45. The molecule has 2 heterocycles. The molecule has 1 aliphatic rings. The fourth-order valence-electron chi connectivity index (χ4n) is 5.24. The molecular formula is C29H31N3O3. The lowest BCUT2D eigenvalue weighted by Gasteiger charge is -2.36. The van der Waals surface area contributed by atoms with Crippen molar-refractivity contribution in [1.82, 2.24) is 14.5 Å². The van der Waals surface area contributed by atoms with Crippen LogP contribution in [0.4, 0.5) is 0 Å². The van der Waals surface area contributed by atoms with E-state index in [0.29, 0.717) is 6.54 Å². The van der Waals surface area contributed by atoms with Crippen LogP contribution in [0.1, 0.15) is 52.6 Å². The zero-order chi connectivity index (χ0) is 24.5. The second-order valence-corrected chi connectivity index (χ2v) is 9.14. The summed E-state index contributed by atoms with van der Waals surface area (Å²) in [4.78, 5) is 21.1. The van der Waals surface area contributed by atoms with Gasteiger partial charge in [0.25, 0.3) is 5.91 Å². The van der Waals surface area contributed by atoms with E-state index >= 15 is 0 Å². The first-order chi connectivity index (χ1) is 17.0. The van der Waals surface area contributed by atoms with Crippen LogP contribution in [0.25, 0.3) is 16.7 Å². The van der Waals surface area contributed by atoms with Gasteiger partial charge >= 0.3 is 0 Å². The van der Waals surface area contributed by atoms with Crippen molar-refractivity contribution in [3.63, 3.8) is 0 Å². The highest BCUT2D eigenvalue weighted by atomic mass is 16.5. The van der Waals surface area contributed by atoms with Gasteiger partial charge in [0.2, 0.25) is 0 Å². The molecule has 0 spiro atoms. The molecular weight excluding hydrogens is 438 g/mol. The van der Waals surface area contributed by atoms with Crippen LogP contribution in [0.5, 0.6) is 11.5 Å². The maximum Gasteiger partial charge on any atom is 0.255 e. The van der Waals surface area contributed by atoms with Crippen LogP contribution in [0.2, 0.25) is 0 Å². The molecule has 180 valence electrons. The smallest absolute Gasteiger partial charge is 0.255 e. The monoisotopic (exact) mass is 469 g/mol. The average Bonchev–Trinajstić information content (AvgIpc) is 3.27. The molecule has 1 unspecified atom stereocenters. The van der Waals surface area contributed by atoms with Crippen LogP contribution in [0.15, 0.2) is 60.7 Å². The number of rotatable bonds is 5. The Morgan fingerprint density at radius 2 is 1.60 bits per heavy atom. The summed E-state index contributed by atoms with van der Waals surface area (Å²) in [5.74, 6) is 2.53. The topological polar surface area (TPSA) is 56.6 Å². The summed E-state index contributed by atoms with van der Waals surface area (Å²) in [6.45, 7) is 4.67. The van der Waals surface area contributed by atoms with Gasteiger partial charge in [-0.15, -0.1) is 0 Å². The highest BCUT2D eigenvalue weighted by Crippen LogP contribution is 2.36. The van der Waals surface area contributed by atoms with Gasteiger partial charge in [-0.25, -0.2) is 4.98 Å². The third kappa shape index (κ3) is 4.14. The number of methoxy groups -OCH3 is 2. The van der Waals surface area contributed by atoms with Crippen LogP contribution in [-0.2, 0) is 0 Å². The first-order valence-corrected chi connectivity index (χ1v) is 12.1. The number of imidazole rings is 1. The predicted molar refractivity (Wildman–Crippen MR) is 138 cm³/mol. The standard InChI is InChI=1S/C29H31N3O3/c1-19-17-23(35-4)18-20(2)27(19)29(33)31-16-8-7-11-26(31)28-30-24-9-5-6-10-25(24)32(28)21-12-14-22(34-3)15-13-21/h5-6,9-10,12-15,17-18,26H,7-8,11,16H2,1-4H3. The van der Waals surface area contributed by atoms with Gasteiger partial charge in [-0.05, 0) is 92.8 Å². The van der Waals surface area contributed by atoms with Crippen molar-refractivity contribution in [3.05, 3.63) is 83.2 Å². The van der Waals surface area contributed by atoms with Gasteiger partial charge in [0.1, 0.15) is 17.3 Å².